The zero-order valence-corrected chi connectivity index (χ0v) is 17.1. The number of piperidine rings is 2. The van der Waals surface area contributed by atoms with E-state index in [1.165, 1.54) is 38.8 Å². The lowest BCUT2D eigenvalue weighted by atomic mass is 9.84. The monoisotopic (exact) mass is 400 g/mol. The minimum absolute atomic E-state index is 0.220. The van der Waals surface area contributed by atoms with Crippen molar-refractivity contribution in [3.8, 4) is 0 Å². The molecule has 1 aromatic carbocycles. The van der Waals surface area contributed by atoms with Gasteiger partial charge in [-0.2, -0.15) is 0 Å². The van der Waals surface area contributed by atoms with Crippen LogP contribution in [0.2, 0.25) is 0 Å². The Kier molecular flexibility index (Phi) is 6.70. The number of rotatable bonds is 5. The van der Waals surface area contributed by atoms with Crippen molar-refractivity contribution < 1.29 is 19.1 Å². The number of carbonyl (C=O) groups is 2. The van der Waals surface area contributed by atoms with E-state index in [1.54, 1.807) is 4.90 Å². The number of benzene rings is 1. The molecule has 3 heterocycles. The maximum Gasteiger partial charge on any atom is 0.410 e. The van der Waals surface area contributed by atoms with Crippen LogP contribution in [-0.4, -0.2) is 60.2 Å². The average Bonchev–Trinajstić information content (AvgIpc) is 3.27. The van der Waals surface area contributed by atoms with E-state index in [4.69, 9.17) is 9.47 Å². The molecule has 0 spiro atoms. The summed E-state index contributed by atoms with van der Waals surface area (Å²) in [5.74, 6) is 0.153. The molecular weight excluding hydrogens is 368 g/mol. The van der Waals surface area contributed by atoms with E-state index in [1.807, 2.05) is 30.3 Å². The number of esters is 1. The van der Waals surface area contributed by atoms with Crippen LogP contribution in [0.25, 0.3) is 0 Å². The maximum absolute atomic E-state index is 12.8. The lowest BCUT2D eigenvalue weighted by Crippen LogP contribution is -2.49. The van der Waals surface area contributed by atoms with E-state index in [-0.39, 0.29) is 12.6 Å². The molecule has 3 saturated heterocycles. The van der Waals surface area contributed by atoms with Crippen molar-refractivity contribution in [2.45, 2.75) is 63.6 Å². The summed E-state index contributed by atoms with van der Waals surface area (Å²) in [7, 11) is 0. The van der Waals surface area contributed by atoms with Gasteiger partial charge in [-0.05, 0) is 57.2 Å². The van der Waals surface area contributed by atoms with Crippen molar-refractivity contribution in [2.24, 2.45) is 5.92 Å². The van der Waals surface area contributed by atoms with Gasteiger partial charge < -0.3 is 9.47 Å². The molecule has 3 fully saturated rings. The van der Waals surface area contributed by atoms with Gasteiger partial charge in [0.05, 0.1) is 6.61 Å². The molecule has 0 bridgehead atoms. The predicted molar refractivity (Wildman–Crippen MR) is 109 cm³/mol. The molecule has 0 saturated carbocycles. The molecule has 29 heavy (non-hydrogen) atoms. The van der Waals surface area contributed by atoms with Gasteiger partial charge in [0.2, 0.25) is 0 Å². The molecule has 3 aliphatic heterocycles. The summed E-state index contributed by atoms with van der Waals surface area (Å²) in [6.45, 7) is 3.60. The lowest BCUT2D eigenvalue weighted by molar-refractivity contribution is -0.151. The highest BCUT2D eigenvalue weighted by Gasteiger charge is 2.38. The predicted octanol–water partition coefficient (Wildman–Crippen LogP) is 3.60. The van der Waals surface area contributed by atoms with Gasteiger partial charge in [-0.1, -0.05) is 36.8 Å². The number of hydrogen-bond acceptors (Lipinski definition) is 5. The molecule has 1 aromatic rings. The molecule has 0 aromatic heterocycles. The molecule has 0 radical (unpaired) electrons. The third-order valence-corrected chi connectivity index (χ3v) is 6.63. The van der Waals surface area contributed by atoms with Crippen molar-refractivity contribution >= 4 is 12.1 Å². The number of ether oxygens (including phenoxy) is 2. The van der Waals surface area contributed by atoms with Crippen molar-refractivity contribution in [2.75, 3.05) is 26.2 Å². The van der Waals surface area contributed by atoms with E-state index in [0.717, 1.165) is 18.4 Å². The average molecular weight is 401 g/mol. The number of carbonyl (C=O) groups excluding carboxylic acids is 2. The molecular formula is C23H32N2O4. The molecule has 4 rings (SSSR count). The highest BCUT2D eigenvalue weighted by atomic mass is 16.6. The summed E-state index contributed by atoms with van der Waals surface area (Å²) in [4.78, 5) is 29.4. The summed E-state index contributed by atoms with van der Waals surface area (Å²) < 4.78 is 11.2. The van der Waals surface area contributed by atoms with Crippen LogP contribution in [-0.2, 0) is 20.9 Å². The van der Waals surface area contributed by atoms with E-state index < -0.39 is 12.1 Å². The van der Waals surface area contributed by atoms with Crippen LogP contribution in [0.5, 0.6) is 0 Å². The third-order valence-electron chi connectivity index (χ3n) is 6.63. The zero-order valence-electron chi connectivity index (χ0n) is 17.1. The molecule has 6 nitrogen and oxygen atoms in total. The van der Waals surface area contributed by atoms with Gasteiger partial charge in [-0.25, -0.2) is 9.59 Å². The summed E-state index contributed by atoms with van der Waals surface area (Å²) in [5, 5.41) is 0. The first kappa shape index (κ1) is 20.2. The van der Waals surface area contributed by atoms with Crippen LogP contribution < -0.4 is 0 Å². The van der Waals surface area contributed by atoms with Gasteiger partial charge in [-0.15, -0.1) is 0 Å². The molecule has 3 aliphatic rings. The number of hydrogen-bond donors (Lipinski definition) is 0. The third kappa shape index (κ3) is 4.92. The van der Waals surface area contributed by atoms with E-state index in [0.29, 0.717) is 31.5 Å². The number of fused-ring (bicyclic) bond motifs is 1. The Labute approximate surface area is 173 Å². The quantitative estimate of drug-likeness (QED) is 0.707. The number of likely N-dealkylation sites (tertiary alicyclic amines) is 1. The minimum Gasteiger partial charge on any atom is -0.464 e. The summed E-state index contributed by atoms with van der Waals surface area (Å²) in [6, 6.07) is 9.64. The van der Waals surface area contributed by atoms with Crippen LogP contribution in [0.3, 0.4) is 0 Å². The van der Waals surface area contributed by atoms with E-state index >= 15 is 0 Å². The van der Waals surface area contributed by atoms with Crippen LogP contribution in [0.4, 0.5) is 4.79 Å². The highest BCUT2D eigenvalue weighted by Crippen LogP contribution is 2.31. The zero-order chi connectivity index (χ0) is 20.1. The van der Waals surface area contributed by atoms with E-state index in [9.17, 15) is 9.59 Å². The second kappa shape index (κ2) is 9.61. The van der Waals surface area contributed by atoms with Crippen LogP contribution in [0, 0.1) is 5.92 Å². The molecule has 0 aliphatic carbocycles. The fourth-order valence-electron chi connectivity index (χ4n) is 5.09. The van der Waals surface area contributed by atoms with E-state index in [2.05, 4.69) is 4.90 Å². The van der Waals surface area contributed by atoms with Crippen LogP contribution >= 0.6 is 0 Å². The lowest BCUT2D eigenvalue weighted by Gasteiger charge is -2.44. The smallest absolute Gasteiger partial charge is 0.410 e. The van der Waals surface area contributed by atoms with Crippen molar-refractivity contribution in [1.29, 1.82) is 0 Å². The molecule has 1 unspecified atom stereocenters. The van der Waals surface area contributed by atoms with Crippen molar-refractivity contribution in [1.82, 2.24) is 9.80 Å². The van der Waals surface area contributed by atoms with Crippen molar-refractivity contribution in [3.63, 3.8) is 0 Å². The molecule has 3 atom stereocenters. The van der Waals surface area contributed by atoms with Gasteiger partial charge in [-0.3, -0.25) is 9.80 Å². The normalized spacial score (nSPS) is 27.3. The maximum atomic E-state index is 12.8. The Morgan fingerprint density at radius 1 is 0.897 bits per heavy atom. The largest absolute Gasteiger partial charge is 0.464 e. The van der Waals surface area contributed by atoms with Crippen molar-refractivity contribution in [3.05, 3.63) is 35.9 Å². The molecule has 0 N–H and O–H groups in total. The van der Waals surface area contributed by atoms with Gasteiger partial charge in [0.25, 0.3) is 0 Å². The SMILES string of the molecule is O=C(OC[C@H]1CCCN2CCCC[C@@H]12)C1CCCN1C(=O)OCc1ccccc1. The van der Waals surface area contributed by atoms with Gasteiger partial charge in [0.1, 0.15) is 12.6 Å². The number of nitrogens with zero attached hydrogens (tertiary/aromatic N) is 2. The fraction of sp³-hybridized carbons (Fsp3) is 0.652. The Hall–Kier alpha value is -2.08. The Morgan fingerprint density at radius 3 is 2.55 bits per heavy atom. The molecule has 1 amide bonds. The summed E-state index contributed by atoms with van der Waals surface area (Å²) >= 11 is 0. The van der Waals surface area contributed by atoms with Crippen LogP contribution in [0.15, 0.2) is 30.3 Å². The topological polar surface area (TPSA) is 59.1 Å². The van der Waals surface area contributed by atoms with Gasteiger partial charge in [0.15, 0.2) is 0 Å². The summed E-state index contributed by atoms with van der Waals surface area (Å²) in [5.41, 5.74) is 0.938. The van der Waals surface area contributed by atoms with Gasteiger partial charge in [0, 0.05) is 18.5 Å². The second-order valence-corrected chi connectivity index (χ2v) is 8.52. The highest BCUT2D eigenvalue weighted by molar-refractivity contribution is 5.82. The number of amides is 1. The Morgan fingerprint density at radius 2 is 1.69 bits per heavy atom. The Bertz CT molecular complexity index is 693. The van der Waals surface area contributed by atoms with Crippen LogP contribution in [0.1, 0.15) is 50.5 Å². The standard InChI is InChI=1S/C23H32N2O4/c26-22(28-17-19-10-6-14-24-13-5-4-11-20(19)24)21-12-7-15-25(21)23(27)29-16-18-8-2-1-3-9-18/h1-3,8-9,19-21H,4-7,10-17H2/t19-,20+,21?/m1/s1. The Balaban J connectivity index is 1.27. The molecule has 6 heteroatoms. The van der Waals surface area contributed by atoms with Gasteiger partial charge >= 0.3 is 12.1 Å². The first-order valence-corrected chi connectivity index (χ1v) is 11.1. The molecule has 158 valence electrons. The second-order valence-electron chi connectivity index (χ2n) is 8.52. The fourth-order valence-corrected chi connectivity index (χ4v) is 5.09. The minimum atomic E-state index is -0.510. The summed E-state index contributed by atoms with van der Waals surface area (Å²) in [6.07, 6.45) is 7.11. The first-order chi connectivity index (χ1) is 14.2. The first-order valence-electron chi connectivity index (χ1n) is 11.1.